The molecule has 140 valence electrons. The quantitative estimate of drug-likeness (QED) is 0.488. The molecule has 0 amide bonds. The summed E-state index contributed by atoms with van der Waals surface area (Å²) in [5.41, 5.74) is 2.94. The van der Waals surface area contributed by atoms with Crippen LogP contribution in [0, 0.1) is 5.82 Å². The first kappa shape index (κ1) is 17.5. The number of halogens is 1. The summed E-state index contributed by atoms with van der Waals surface area (Å²) >= 11 is 0. The number of ether oxygens (including phenoxy) is 1. The first-order valence-electron chi connectivity index (χ1n) is 8.49. The predicted molar refractivity (Wildman–Crippen MR) is 101 cm³/mol. The minimum Gasteiger partial charge on any atom is -0.516 e. The van der Waals surface area contributed by atoms with Gasteiger partial charge in [-0.3, -0.25) is 9.78 Å². The lowest BCUT2D eigenvalue weighted by Gasteiger charge is -2.07. The summed E-state index contributed by atoms with van der Waals surface area (Å²) in [6.45, 7) is 0.483. The number of benzene rings is 1. The van der Waals surface area contributed by atoms with Crippen molar-refractivity contribution in [3.63, 3.8) is 0 Å². The van der Waals surface area contributed by atoms with Crippen LogP contribution in [0.3, 0.4) is 0 Å². The van der Waals surface area contributed by atoms with Crippen LogP contribution in [0.15, 0.2) is 73.4 Å². The number of nitrogens with one attached hydrogen (secondary N) is 1. The molecule has 4 aromatic rings. The monoisotopic (exact) mass is 377 g/mol. The van der Waals surface area contributed by atoms with Gasteiger partial charge in [-0.2, -0.15) is 10.2 Å². The molecule has 0 unspecified atom stereocenters. The highest BCUT2D eigenvalue weighted by Gasteiger charge is 2.10. The molecule has 0 aliphatic carbocycles. The second-order valence-electron chi connectivity index (χ2n) is 5.92. The number of aromatic amines is 1. The molecule has 3 aromatic heterocycles. The molecule has 1 aromatic carbocycles. The fourth-order valence-corrected chi connectivity index (χ4v) is 2.64. The number of aromatic nitrogens is 5. The van der Waals surface area contributed by atoms with Gasteiger partial charge < -0.3 is 9.84 Å². The summed E-state index contributed by atoms with van der Waals surface area (Å²) in [6, 6.07) is 12.1. The minimum atomic E-state index is -0.563. The molecule has 7 nitrogen and oxygen atoms in total. The Morgan fingerprint density at radius 3 is 2.71 bits per heavy atom. The van der Waals surface area contributed by atoms with E-state index in [4.69, 9.17) is 9.84 Å². The van der Waals surface area contributed by atoms with E-state index >= 15 is 0 Å². The van der Waals surface area contributed by atoms with Crippen molar-refractivity contribution in [1.29, 1.82) is 0 Å². The molecule has 2 N–H and O–H groups in total. The van der Waals surface area contributed by atoms with E-state index in [1.54, 1.807) is 35.2 Å². The zero-order valence-electron chi connectivity index (χ0n) is 14.7. The molecular formula is C20H16FN5O2. The van der Waals surface area contributed by atoms with E-state index in [-0.39, 0.29) is 5.88 Å². The van der Waals surface area contributed by atoms with Gasteiger partial charge in [0.1, 0.15) is 5.75 Å². The van der Waals surface area contributed by atoms with Gasteiger partial charge in [0.2, 0.25) is 0 Å². The maximum absolute atomic E-state index is 14.3. The number of nitrogens with zero attached hydrogens (tertiary/aromatic N) is 4. The molecule has 0 aliphatic rings. The molecule has 0 spiro atoms. The van der Waals surface area contributed by atoms with Gasteiger partial charge in [0, 0.05) is 29.7 Å². The van der Waals surface area contributed by atoms with E-state index in [1.807, 2.05) is 24.4 Å². The van der Waals surface area contributed by atoms with Gasteiger partial charge >= 0.3 is 0 Å². The SMILES string of the molecule is O/C=C/Cn1ccc(-c2ccc(Oc3ncc(-c4ccn[nH]4)cc3F)cc2)n1. The highest BCUT2D eigenvalue weighted by molar-refractivity contribution is 5.60. The summed E-state index contributed by atoms with van der Waals surface area (Å²) in [5, 5.41) is 19.7. The smallest absolute Gasteiger partial charge is 0.255 e. The second kappa shape index (κ2) is 7.75. The Bertz CT molecular complexity index is 1090. The third-order valence-electron chi connectivity index (χ3n) is 4.02. The molecule has 0 saturated heterocycles. The number of hydrogen-bond donors (Lipinski definition) is 2. The van der Waals surface area contributed by atoms with Crippen molar-refractivity contribution in [3.8, 4) is 34.1 Å². The lowest BCUT2D eigenvalue weighted by molar-refractivity contribution is 0.423. The Morgan fingerprint density at radius 2 is 2.00 bits per heavy atom. The average molecular weight is 377 g/mol. The van der Waals surface area contributed by atoms with Gasteiger partial charge in [-0.15, -0.1) is 0 Å². The first-order valence-corrected chi connectivity index (χ1v) is 8.49. The number of aliphatic hydroxyl groups is 1. The fourth-order valence-electron chi connectivity index (χ4n) is 2.64. The van der Waals surface area contributed by atoms with Crippen LogP contribution in [-0.4, -0.2) is 30.1 Å². The van der Waals surface area contributed by atoms with Gasteiger partial charge in [-0.1, -0.05) is 0 Å². The third-order valence-corrected chi connectivity index (χ3v) is 4.02. The van der Waals surface area contributed by atoms with Crippen LogP contribution >= 0.6 is 0 Å². The van der Waals surface area contributed by atoms with Crippen LogP contribution in [-0.2, 0) is 6.54 Å². The van der Waals surface area contributed by atoms with Gasteiger partial charge in [0.25, 0.3) is 5.88 Å². The summed E-state index contributed by atoms with van der Waals surface area (Å²) in [5.74, 6) is -0.199. The summed E-state index contributed by atoms with van der Waals surface area (Å²) in [7, 11) is 0. The lowest BCUT2D eigenvalue weighted by atomic mass is 10.1. The van der Waals surface area contributed by atoms with E-state index in [0.29, 0.717) is 23.6 Å². The van der Waals surface area contributed by atoms with Crippen LogP contribution in [0.25, 0.3) is 22.5 Å². The molecule has 0 saturated carbocycles. The van der Waals surface area contributed by atoms with Gasteiger partial charge in [0.05, 0.1) is 24.2 Å². The van der Waals surface area contributed by atoms with Crippen molar-refractivity contribution in [2.45, 2.75) is 6.54 Å². The van der Waals surface area contributed by atoms with Crippen molar-refractivity contribution >= 4 is 0 Å². The Hall–Kier alpha value is -3.94. The standard InChI is InChI=1S/C20H16FN5O2/c21-17-12-15(18-6-8-23-24-18)13-22-20(17)28-16-4-2-14(3-5-16)19-7-10-26(25-19)9-1-11-27/h1-8,10-13,27H,9H2,(H,23,24)/b11-1+. The largest absolute Gasteiger partial charge is 0.516 e. The Labute approximate surface area is 159 Å². The predicted octanol–water partition coefficient (Wildman–Crippen LogP) is 4.34. The maximum Gasteiger partial charge on any atom is 0.255 e. The number of pyridine rings is 1. The zero-order valence-corrected chi connectivity index (χ0v) is 14.7. The van der Waals surface area contributed by atoms with E-state index in [9.17, 15) is 4.39 Å². The minimum absolute atomic E-state index is 0.101. The van der Waals surface area contributed by atoms with Gasteiger partial charge in [0.15, 0.2) is 5.82 Å². The van der Waals surface area contributed by atoms with E-state index in [0.717, 1.165) is 17.5 Å². The molecule has 8 heteroatoms. The maximum atomic E-state index is 14.3. The molecule has 0 bridgehead atoms. The third kappa shape index (κ3) is 3.75. The zero-order chi connectivity index (χ0) is 19.3. The molecule has 0 aliphatic heterocycles. The molecule has 3 heterocycles. The number of hydrogen-bond acceptors (Lipinski definition) is 5. The van der Waals surface area contributed by atoms with Crippen LogP contribution in [0.2, 0.25) is 0 Å². The van der Waals surface area contributed by atoms with Crippen molar-refractivity contribution in [2.24, 2.45) is 0 Å². The number of rotatable bonds is 6. The molecule has 0 radical (unpaired) electrons. The van der Waals surface area contributed by atoms with Crippen molar-refractivity contribution in [2.75, 3.05) is 0 Å². The van der Waals surface area contributed by atoms with E-state index in [2.05, 4.69) is 20.3 Å². The Balaban J connectivity index is 1.48. The van der Waals surface area contributed by atoms with Crippen molar-refractivity contribution < 1.29 is 14.2 Å². The summed E-state index contributed by atoms with van der Waals surface area (Å²) < 4.78 is 21.6. The van der Waals surface area contributed by atoms with Crippen LogP contribution < -0.4 is 4.74 Å². The number of aliphatic hydroxyl groups excluding tert-OH is 1. The van der Waals surface area contributed by atoms with Gasteiger partial charge in [-0.25, -0.2) is 9.37 Å². The average Bonchev–Trinajstić information content (AvgIpc) is 3.41. The molecular weight excluding hydrogens is 361 g/mol. The van der Waals surface area contributed by atoms with Crippen molar-refractivity contribution in [1.82, 2.24) is 25.0 Å². The topological polar surface area (TPSA) is 88.9 Å². The number of H-pyrrole nitrogens is 1. The fraction of sp³-hybridized carbons (Fsp3) is 0.0500. The second-order valence-corrected chi connectivity index (χ2v) is 5.92. The molecule has 4 rings (SSSR count). The van der Waals surface area contributed by atoms with E-state index in [1.165, 1.54) is 12.3 Å². The summed E-state index contributed by atoms with van der Waals surface area (Å²) in [6.07, 6.45) is 7.51. The Kier molecular flexibility index (Phi) is 4.83. The highest BCUT2D eigenvalue weighted by atomic mass is 19.1. The summed E-state index contributed by atoms with van der Waals surface area (Å²) in [4.78, 5) is 4.05. The highest BCUT2D eigenvalue weighted by Crippen LogP contribution is 2.27. The van der Waals surface area contributed by atoms with E-state index < -0.39 is 5.82 Å². The molecule has 28 heavy (non-hydrogen) atoms. The van der Waals surface area contributed by atoms with Crippen molar-refractivity contribution in [3.05, 3.63) is 79.2 Å². The van der Waals surface area contributed by atoms with Gasteiger partial charge in [-0.05, 0) is 48.5 Å². The first-order chi connectivity index (χ1) is 13.7. The normalized spacial score (nSPS) is 11.2. The molecule has 0 fully saturated rings. The van der Waals surface area contributed by atoms with Crippen LogP contribution in [0.5, 0.6) is 11.6 Å². The van der Waals surface area contributed by atoms with Crippen LogP contribution in [0.1, 0.15) is 0 Å². The number of allylic oxidation sites excluding steroid dienone is 1. The van der Waals surface area contributed by atoms with Crippen LogP contribution in [0.4, 0.5) is 4.39 Å². The molecule has 0 atom stereocenters. The Morgan fingerprint density at radius 1 is 1.14 bits per heavy atom. The lowest BCUT2D eigenvalue weighted by Crippen LogP contribution is -1.95.